The number of nitrogens with one attached hydrogen (secondary N) is 1. The smallest absolute Gasteiger partial charge is 0.224 e. The number of fused-ring (bicyclic) bond motifs is 1. The van der Waals surface area contributed by atoms with Crippen LogP contribution < -0.4 is 16.0 Å². The summed E-state index contributed by atoms with van der Waals surface area (Å²) in [6, 6.07) is 5.89. The average Bonchev–Trinajstić information content (AvgIpc) is 2.83. The topological polar surface area (TPSA) is 71.5 Å². The normalized spacial score (nSPS) is 13.7. The first-order valence-electron chi connectivity index (χ1n) is 7.01. The Morgan fingerprint density at radius 1 is 1.38 bits per heavy atom. The minimum Gasteiger partial charge on any atom is -0.469 e. The minimum absolute atomic E-state index is 0.0528. The number of hydrogen-bond donors (Lipinski definition) is 2. The largest absolute Gasteiger partial charge is 0.469 e. The van der Waals surface area contributed by atoms with E-state index in [4.69, 9.17) is 10.2 Å². The van der Waals surface area contributed by atoms with Gasteiger partial charge in [0, 0.05) is 31.3 Å². The van der Waals surface area contributed by atoms with Gasteiger partial charge in [-0.1, -0.05) is 0 Å². The van der Waals surface area contributed by atoms with E-state index in [0.29, 0.717) is 12.1 Å². The highest BCUT2D eigenvalue weighted by Crippen LogP contribution is 2.33. The lowest BCUT2D eigenvalue weighted by molar-refractivity contribution is -0.116. The van der Waals surface area contributed by atoms with E-state index in [1.807, 2.05) is 26.1 Å². The van der Waals surface area contributed by atoms with Crippen molar-refractivity contribution in [2.75, 3.05) is 23.0 Å². The van der Waals surface area contributed by atoms with Gasteiger partial charge in [0.15, 0.2) is 0 Å². The molecule has 0 bridgehead atoms. The van der Waals surface area contributed by atoms with Crippen molar-refractivity contribution in [2.24, 2.45) is 0 Å². The molecule has 3 rings (SSSR count). The summed E-state index contributed by atoms with van der Waals surface area (Å²) in [6.45, 7) is 2.69. The van der Waals surface area contributed by atoms with Crippen LogP contribution in [0.4, 0.5) is 17.1 Å². The molecule has 0 fully saturated rings. The number of carbonyl (C=O) groups is 1. The summed E-state index contributed by atoms with van der Waals surface area (Å²) in [4.78, 5) is 13.5. The van der Waals surface area contributed by atoms with Crippen molar-refractivity contribution in [2.45, 2.75) is 26.3 Å². The van der Waals surface area contributed by atoms with Crippen molar-refractivity contribution >= 4 is 23.0 Å². The Bertz CT molecular complexity index is 691. The SMILES string of the molecule is Cc1occc1CN(C)c1cc2c(cc1N)NC(=O)CC2. The molecule has 0 unspecified atom stereocenters. The van der Waals surface area contributed by atoms with Crippen LogP contribution in [0.25, 0.3) is 0 Å². The van der Waals surface area contributed by atoms with Crippen molar-refractivity contribution in [1.82, 2.24) is 0 Å². The summed E-state index contributed by atoms with van der Waals surface area (Å²) in [5.74, 6) is 0.975. The highest BCUT2D eigenvalue weighted by molar-refractivity contribution is 5.95. The van der Waals surface area contributed by atoms with E-state index in [2.05, 4.69) is 16.3 Å². The van der Waals surface area contributed by atoms with Gasteiger partial charge in [-0.3, -0.25) is 4.79 Å². The van der Waals surface area contributed by atoms with E-state index in [1.54, 1.807) is 6.26 Å². The van der Waals surface area contributed by atoms with Gasteiger partial charge in [0.2, 0.25) is 5.91 Å². The fourth-order valence-corrected chi connectivity index (χ4v) is 2.68. The minimum atomic E-state index is 0.0528. The maximum Gasteiger partial charge on any atom is 0.224 e. The number of anilines is 3. The van der Waals surface area contributed by atoms with Crippen LogP contribution in [-0.4, -0.2) is 13.0 Å². The maximum atomic E-state index is 11.4. The summed E-state index contributed by atoms with van der Waals surface area (Å²) >= 11 is 0. The van der Waals surface area contributed by atoms with Crippen molar-refractivity contribution in [3.05, 3.63) is 41.3 Å². The standard InChI is InChI=1S/C16H19N3O2/c1-10-12(5-6-21-10)9-19(2)15-7-11-3-4-16(20)18-14(11)8-13(15)17/h5-8H,3-4,9,17H2,1-2H3,(H,18,20). The third-order valence-corrected chi connectivity index (χ3v) is 3.93. The third-order valence-electron chi connectivity index (χ3n) is 3.93. The number of nitrogen functional groups attached to an aromatic ring is 1. The van der Waals surface area contributed by atoms with Crippen molar-refractivity contribution in [1.29, 1.82) is 0 Å². The third kappa shape index (κ3) is 2.59. The molecule has 0 spiro atoms. The summed E-state index contributed by atoms with van der Waals surface area (Å²) in [6.07, 6.45) is 2.98. The maximum absolute atomic E-state index is 11.4. The molecule has 1 aliphatic rings. The quantitative estimate of drug-likeness (QED) is 0.851. The Hall–Kier alpha value is -2.43. The van der Waals surface area contributed by atoms with Crippen molar-refractivity contribution in [3.8, 4) is 0 Å². The number of amides is 1. The fourth-order valence-electron chi connectivity index (χ4n) is 2.68. The molecule has 5 heteroatoms. The van der Waals surface area contributed by atoms with E-state index < -0.39 is 0 Å². The summed E-state index contributed by atoms with van der Waals surface area (Å²) in [7, 11) is 2.01. The van der Waals surface area contributed by atoms with Crippen LogP contribution in [0.3, 0.4) is 0 Å². The second kappa shape index (κ2) is 5.16. The zero-order valence-electron chi connectivity index (χ0n) is 12.3. The van der Waals surface area contributed by atoms with Gasteiger partial charge in [0.1, 0.15) is 5.76 Å². The number of nitrogens with two attached hydrogens (primary N) is 1. The monoisotopic (exact) mass is 285 g/mol. The Kier molecular flexibility index (Phi) is 3.33. The Morgan fingerprint density at radius 3 is 2.90 bits per heavy atom. The zero-order chi connectivity index (χ0) is 15.0. The van der Waals surface area contributed by atoms with Gasteiger partial charge in [-0.25, -0.2) is 0 Å². The molecule has 1 amide bonds. The van der Waals surface area contributed by atoms with Crippen LogP contribution >= 0.6 is 0 Å². The van der Waals surface area contributed by atoms with Crippen molar-refractivity contribution < 1.29 is 9.21 Å². The fraction of sp³-hybridized carbons (Fsp3) is 0.312. The number of carbonyl (C=O) groups excluding carboxylic acids is 1. The lowest BCUT2D eigenvalue weighted by atomic mass is 10.0. The van der Waals surface area contributed by atoms with E-state index in [9.17, 15) is 4.79 Å². The molecule has 0 atom stereocenters. The van der Waals surface area contributed by atoms with Gasteiger partial charge < -0.3 is 20.4 Å². The first-order chi connectivity index (χ1) is 10.0. The second-order valence-corrected chi connectivity index (χ2v) is 5.47. The number of nitrogens with zero attached hydrogens (tertiary/aromatic N) is 1. The van der Waals surface area contributed by atoms with Crippen LogP contribution in [0, 0.1) is 6.92 Å². The van der Waals surface area contributed by atoms with E-state index in [0.717, 1.165) is 41.2 Å². The first-order valence-corrected chi connectivity index (χ1v) is 7.01. The Labute approximate surface area is 123 Å². The second-order valence-electron chi connectivity index (χ2n) is 5.47. The van der Waals surface area contributed by atoms with Gasteiger partial charge in [-0.2, -0.15) is 0 Å². The molecule has 0 radical (unpaired) electrons. The lowest BCUT2D eigenvalue weighted by Crippen LogP contribution is -2.22. The number of benzene rings is 1. The molecule has 2 aromatic rings. The van der Waals surface area contributed by atoms with Gasteiger partial charge in [0.05, 0.1) is 17.6 Å². The molecule has 110 valence electrons. The van der Waals surface area contributed by atoms with Gasteiger partial charge in [-0.15, -0.1) is 0 Å². The number of rotatable bonds is 3. The Balaban J connectivity index is 1.88. The lowest BCUT2D eigenvalue weighted by Gasteiger charge is -2.25. The molecule has 3 N–H and O–H groups in total. The summed E-state index contributed by atoms with van der Waals surface area (Å²) in [5.41, 5.74) is 10.9. The van der Waals surface area contributed by atoms with E-state index in [1.165, 1.54) is 0 Å². The number of hydrogen-bond acceptors (Lipinski definition) is 4. The van der Waals surface area contributed by atoms with E-state index in [-0.39, 0.29) is 5.91 Å². The zero-order valence-corrected chi connectivity index (χ0v) is 12.3. The van der Waals surface area contributed by atoms with Crippen LogP contribution in [-0.2, 0) is 17.8 Å². The Morgan fingerprint density at radius 2 is 2.19 bits per heavy atom. The molecule has 0 saturated carbocycles. The van der Waals surface area contributed by atoms with Crippen molar-refractivity contribution in [3.63, 3.8) is 0 Å². The molecular formula is C16H19N3O2. The molecule has 0 aliphatic carbocycles. The summed E-state index contributed by atoms with van der Waals surface area (Å²) in [5, 5.41) is 2.87. The highest BCUT2D eigenvalue weighted by Gasteiger charge is 2.18. The highest BCUT2D eigenvalue weighted by atomic mass is 16.3. The molecule has 5 nitrogen and oxygen atoms in total. The van der Waals surface area contributed by atoms with Crippen LogP contribution in [0.5, 0.6) is 0 Å². The number of furan rings is 1. The molecule has 1 aromatic carbocycles. The molecular weight excluding hydrogens is 266 g/mol. The molecule has 21 heavy (non-hydrogen) atoms. The van der Waals surface area contributed by atoms with Crippen LogP contribution in [0.15, 0.2) is 28.9 Å². The molecule has 1 aliphatic heterocycles. The van der Waals surface area contributed by atoms with Gasteiger partial charge in [-0.05, 0) is 37.1 Å². The predicted octanol–water partition coefficient (Wildman–Crippen LogP) is 2.69. The molecule has 1 aromatic heterocycles. The average molecular weight is 285 g/mol. The molecule has 0 saturated heterocycles. The van der Waals surface area contributed by atoms with Crippen LogP contribution in [0.2, 0.25) is 0 Å². The predicted molar refractivity (Wildman–Crippen MR) is 83.4 cm³/mol. The molecule has 2 heterocycles. The van der Waals surface area contributed by atoms with Crippen LogP contribution in [0.1, 0.15) is 23.3 Å². The van der Waals surface area contributed by atoms with Gasteiger partial charge >= 0.3 is 0 Å². The summed E-state index contributed by atoms with van der Waals surface area (Å²) < 4.78 is 5.33. The number of aryl methyl sites for hydroxylation is 2. The van der Waals surface area contributed by atoms with Gasteiger partial charge in [0.25, 0.3) is 0 Å². The first kappa shape index (κ1) is 13.5. The van der Waals surface area contributed by atoms with E-state index >= 15 is 0 Å².